The third kappa shape index (κ3) is 3.97. The average Bonchev–Trinajstić information content (AvgIpc) is 2.48. The zero-order valence-electron chi connectivity index (χ0n) is 11.6. The van der Waals surface area contributed by atoms with Gasteiger partial charge >= 0.3 is 0 Å². The fourth-order valence-electron chi connectivity index (χ4n) is 2.75. The first-order valence-corrected chi connectivity index (χ1v) is 7.11. The third-order valence-corrected chi connectivity index (χ3v) is 3.87. The second-order valence-corrected chi connectivity index (χ2v) is 5.28. The molecule has 0 heterocycles. The van der Waals surface area contributed by atoms with Crippen LogP contribution in [-0.2, 0) is 6.54 Å². The minimum Gasteiger partial charge on any atom is -0.495 e. The van der Waals surface area contributed by atoms with Crippen molar-refractivity contribution in [3.8, 4) is 11.8 Å². The van der Waals surface area contributed by atoms with E-state index in [4.69, 9.17) is 10.00 Å². The van der Waals surface area contributed by atoms with Crippen LogP contribution in [0.15, 0.2) is 18.2 Å². The van der Waals surface area contributed by atoms with Gasteiger partial charge in [0.05, 0.1) is 12.7 Å². The molecular weight excluding hydrogens is 236 g/mol. The molecule has 0 unspecified atom stereocenters. The summed E-state index contributed by atoms with van der Waals surface area (Å²) in [6, 6.07) is 7.91. The smallest absolute Gasteiger partial charge is 0.136 e. The zero-order valence-corrected chi connectivity index (χ0v) is 11.6. The van der Waals surface area contributed by atoms with Gasteiger partial charge in [0.25, 0.3) is 0 Å². The van der Waals surface area contributed by atoms with Crippen LogP contribution in [0.4, 0.5) is 0 Å². The molecule has 0 radical (unpaired) electrons. The first-order valence-electron chi connectivity index (χ1n) is 7.11. The van der Waals surface area contributed by atoms with E-state index in [-0.39, 0.29) is 0 Å². The van der Waals surface area contributed by atoms with Crippen molar-refractivity contribution in [2.75, 3.05) is 13.7 Å². The number of hydrogen-bond donors (Lipinski definition) is 1. The summed E-state index contributed by atoms with van der Waals surface area (Å²) in [5.74, 6) is 1.51. The molecule has 1 aromatic carbocycles. The van der Waals surface area contributed by atoms with Gasteiger partial charge in [-0.2, -0.15) is 5.26 Å². The molecule has 1 aromatic rings. The number of rotatable bonds is 5. The topological polar surface area (TPSA) is 45.0 Å². The molecule has 102 valence electrons. The molecular formula is C16H22N2O. The summed E-state index contributed by atoms with van der Waals surface area (Å²) in [6.07, 6.45) is 6.91. The second kappa shape index (κ2) is 7.16. The molecule has 3 nitrogen and oxygen atoms in total. The Morgan fingerprint density at radius 1 is 1.32 bits per heavy atom. The van der Waals surface area contributed by atoms with E-state index in [1.807, 2.05) is 18.2 Å². The van der Waals surface area contributed by atoms with Gasteiger partial charge in [0.2, 0.25) is 0 Å². The van der Waals surface area contributed by atoms with Gasteiger partial charge in [0, 0.05) is 6.54 Å². The molecule has 2 rings (SSSR count). The van der Waals surface area contributed by atoms with Crippen molar-refractivity contribution < 1.29 is 4.74 Å². The standard InChI is InChI=1S/C16H22N2O/c1-19-16-9-14(7-8-15(16)10-17)12-18-11-13-5-3-2-4-6-13/h7-9,13,18H,2-6,11-12H2,1H3. The number of nitrogens with zero attached hydrogens (tertiary/aromatic N) is 1. The minimum absolute atomic E-state index is 0.596. The lowest BCUT2D eigenvalue weighted by Crippen LogP contribution is -2.24. The number of benzene rings is 1. The van der Waals surface area contributed by atoms with Crippen LogP contribution in [0.5, 0.6) is 5.75 Å². The molecule has 1 fully saturated rings. The van der Waals surface area contributed by atoms with Crippen LogP contribution < -0.4 is 10.1 Å². The summed E-state index contributed by atoms with van der Waals surface area (Å²) in [6.45, 7) is 1.95. The van der Waals surface area contributed by atoms with Crippen molar-refractivity contribution in [1.29, 1.82) is 5.26 Å². The van der Waals surface area contributed by atoms with Gasteiger partial charge in [-0.1, -0.05) is 25.3 Å². The molecule has 0 bridgehead atoms. The number of nitriles is 1. The van der Waals surface area contributed by atoms with E-state index in [1.54, 1.807) is 7.11 Å². The Labute approximate surface area is 115 Å². The highest BCUT2D eigenvalue weighted by Crippen LogP contribution is 2.23. The summed E-state index contributed by atoms with van der Waals surface area (Å²) in [7, 11) is 1.61. The van der Waals surface area contributed by atoms with E-state index in [9.17, 15) is 0 Å². The molecule has 3 heteroatoms. The Kier molecular flexibility index (Phi) is 5.23. The van der Waals surface area contributed by atoms with Crippen molar-refractivity contribution in [3.05, 3.63) is 29.3 Å². The van der Waals surface area contributed by atoms with Gasteiger partial charge in [0.15, 0.2) is 0 Å². The van der Waals surface area contributed by atoms with Gasteiger partial charge in [0.1, 0.15) is 11.8 Å². The Morgan fingerprint density at radius 3 is 2.79 bits per heavy atom. The van der Waals surface area contributed by atoms with Crippen molar-refractivity contribution in [1.82, 2.24) is 5.32 Å². The fourth-order valence-corrected chi connectivity index (χ4v) is 2.75. The molecule has 0 aromatic heterocycles. The Morgan fingerprint density at radius 2 is 2.11 bits per heavy atom. The molecule has 1 saturated carbocycles. The monoisotopic (exact) mass is 258 g/mol. The van der Waals surface area contributed by atoms with Crippen LogP contribution in [0.25, 0.3) is 0 Å². The predicted molar refractivity (Wildman–Crippen MR) is 76.0 cm³/mol. The molecule has 0 atom stereocenters. The lowest BCUT2D eigenvalue weighted by molar-refractivity contribution is 0.342. The van der Waals surface area contributed by atoms with Crippen molar-refractivity contribution >= 4 is 0 Å². The molecule has 1 aliphatic rings. The summed E-state index contributed by atoms with van der Waals surface area (Å²) in [5.41, 5.74) is 1.77. The van der Waals surface area contributed by atoms with Gasteiger partial charge in [-0.3, -0.25) is 0 Å². The molecule has 0 amide bonds. The van der Waals surface area contributed by atoms with Gasteiger partial charge in [-0.15, -0.1) is 0 Å². The van der Waals surface area contributed by atoms with Crippen LogP contribution >= 0.6 is 0 Å². The molecule has 0 aliphatic heterocycles. The normalized spacial score (nSPS) is 16.0. The highest BCUT2D eigenvalue weighted by molar-refractivity contribution is 5.45. The first-order chi connectivity index (χ1) is 9.33. The molecule has 1 aliphatic carbocycles. The van der Waals surface area contributed by atoms with Crippen LogP contribution in [0, 0.1) is 17.2 Å². The third-order valence-electron chi connectivity index (χ3n) is 3.87. The number of nitrogens with one attached hydrogen (secondary N) is 1. The Hall–Kier alpha value is -1.53. The fraction of sp³-hybridized carbons (Fsp3) is 0.562. The highest BCUT2D eigenvalue weighted by atomic mass is 16.5. The highest BCUT2D eigenvalue weighted by Gasteiger charge is 2.12. The van der Waals surface area contributed by atoms with Crippen LogP contribution in [0.3, 0.4) is 0 Å². The number of hydrogen-bond acceptors (Lipinski definition) is 3. The molecule has 0 spiro atoms. The average molecular weight is 258 g/mol. The van der Waals surface area contributed by atoms with Crippen molar-refractivity contribution in [2.24, 2.45) is 5.92 Å². The van der Waals surface area contributed by atoms with Crippen molar-refractivity contribution in [2.45, 2.75) is 38.6 Å². The van der Waals surface area contributed by atoms with E-state index in [1.165, 1.54) is 37.7 Å². The lowest BCUT2D eigenvalue weighted by Gasteiger charge is -2.21. The summed E-state index contributed by atoms with van der Waals surface area (Å²) < 4.78 is 5.22. The van der Waals surface area contributed by atoms with E-state index in [2.05, 4.69) is 11.4 Å². The zero-order chi connectivity index (χ0) is 13.5. The Balaban J connectivity index is 1.84. The maximum Gasteiger partial charge on any atom is 0.136 e. The second-order valence-electron chi connectivity index (χ2n) is 5.28. The number of methoxy groups -OCH3 is 1. The van der Waals surface area contributed by atoms with E-state index < -0.39 is 0 Å². The number of ether oxygens (including phenoxy) is 1. The maximum atomic E-state index is 8.94. The molecule has 19 heavy (non-hydrogen) atoms. The summed E-state index contributed by atoms with van der Waals surface area (Å²) in [5, 5.41) is 12.5. The van der Waals surface area contributed by atoms with Crippen LogP contribution in [0.1, 0.15) is 43.2 Å². The summed E-state index contributed by atoms with van der Waals surface area (Å²) in [4.78, 5) is 0. The van der Waals surface area contributed by atoms with Crippen LogP contribution in [-0.4, -0.2) is 13.7 Å². The lowest BCUT2D eigenvalue weighted by atomic mass is 9.89. The maximum absolute atomic E-state index is 8.94. The van der Waals surface area contributed by atoms with Gasteiger partial charge < -0.3 is 10.1 Å². The molecule has 1 N–H and O–H groups in total. The van der Waals surface area contributed by atoms with Crippen LogP contribution in [0.2, 0.25) is 0 Å². The van der Waals surface area contributed by atoms with E-state index >= 15 is 0 Å². The van der Waals surface area contributed by atoms with Gasteiger partial charge in [-0.05, 0) is 43.0 Å². The van der Waals surface area contributed by atoms with E-state index in [0.29, 0.717) is 11.3 Å². The van der Waals surface area contributed by atoms with E-state index in [0.717, 1.165) is 19.0 Å². The SMILES string of the molecule is COc1cc(CNCC2CCCCC2)ccc1C#N. The van der Waals surface area contributed by atoms with Crippen molar-refractivity contribution in [3.63, 3.8) is 0 Å². The largest absolute Gasteiger partial charge is 0.495 e. The summed E-state index contributed by atoms with van der Waals surface area (Å²) >= 11 is 0. The Bertz CT molecular complexity index is 445. The minimum atomic E-state index is 0.596. The first kappa shape index (κ1) is 13.9. The quantitative estimate of drug-likeness (QED) is 0.882. The van der Waals surface area contributed by atoms with Gasteiger partial charge in [-0.25, -0.2) is 0 Å². The molecule has 0 saturated heterocycles. The predicted octanol–water partition coefficient (Wildman–Crippen LogP) is 3.24.